The molecule has 0 spiro atoms. The first-order valence-electron chi connectivity index (χ1n) is 13.6. The molecule has 1 atom stereocenters. The maximum atomic E-state index is 11.7. The van der Waals surface area contributed by atoms with Gasteiger partial charge in [-0.3, -0.25) is 53.2 Å². The van der Waals surface area contributed by atoms with Crippen LogP contribution in [0.2, 0.25) is 0 Å². The Hall–Kier alpha value is -4.65. The topological polar surface area (TPSA) is 266 Å². The molecule has 0 heterocycles. The first-order valence-corrected chi connectivity index (χ1v) is 13.6. The summed E-state index contributed by atoms with van der Waals surface area (Å²) in [6, 6.07) is 5.66. The van der Waals surface area contributed by atoms with E-state index in [-0.39, 0.29) is 45.1 Å². The Morgan fingerprint density at radius 2 is 0.956 bits per heavy atom. The quantitative estimate of drug-likeness (QED) is 0.0661. The average molecular weight is 642 g/mol. The number of carbonyl (C=O) groups excluding carboxylic acids is 1. The van der Waals surface area contributed by atoms with E-state index in [1.165, 1.54) is 21.6 Å². The minimum absolute atomic E-state index is 0.0520. The molecule has 45 heavy (non-hydrogen) atoms. The molecule has 0 aliphatic carbocycles. The third-order valence-corrected chi connectivity index (χ3v) is 6.31. The molecule has 0 aliphatic rings. The summed E-state index contributed by atoms with van der Waals surface area (Å²) >= 11 is 0. The highest BCUT2D eigenvalue weighted by Crippen LogP contribution is 2.15. The van der Waals surface area contributed by atoms with Crippen molar-refractivity contribution in [2.24, 2.45) is 0 Å². The fraction of sp³-hybridized carbons (Fsp3) is 0.519. The van der Waals surface area contributed by atoms with Crippen molar-refractivity contribution in [2.75, 3.05) is 77.3 Å². The molecular weight excluding hydrogens is 602 g/mol. The van der Waals surface area contributed by atoms with E-state index in [4.69, 9.17) is 10.2 Å². The first-order chi connectivity index (χ1) is 21.0. The number of anilines is 1. The monoisotopic (exact) mass is 641 g/mol. The highest BCUT2D eigenvalue weighted by Gasteiger charge is 2.27. The minimum atomic E-state index is -1.31. The van der Waals surface area contributed by atoms with Gasteiger partial charge in [0.2, 0.25) is 5.91 Å². The first kappa shape index (κ1) is 38.4. The van der Waals surface area contributed by atoms with Crippen LogP contribution in [0.4, 0.5) is 5.69 Å². The summed E-state index contributed by atoms with van der Waals surface area (Å²) in [6.45, 7) is -2.74. The second kappa shape index (κ2) is 19.6. The van der Waals surface area contributed by atoms with E-state index < -0.39 is 81.1 Å². The van der Waals surface area contributed by atoms with Crippen LogP contribution in [-0.2, 0) is 40.0 Å². The molecule has 0 aromatic heterocycles. The predicted molar refractivity (Wildman–Crippen MR) is 155 cm³/mol. The Labute approximate surface area is 258 Å². The molecule has 250 valence electrons. The molecule has 0 bridgehead atoms. The van der Waals surface area contributed by atoms with Crippen LogP contribution in [0.25, 0.3) is 0 Å². The van der Waals surface area contributed by atoms with Crippen LogP contribution in [0.1, 0.15) is 12.5 Å². The normalized spacial score (nSPS) is 11.9. The molecule has 0 saturated heterocycles. The van der Waals surface area contributed by atoms with Crippen LogP contribution >= 0.6 is 0 Å². The number of carboxylic acid groups (broad SMARTS) is 6. The minimum Gasteiger partial charge on any atom is -0.480 e. The van der Waals surface area contributed by atoms with Gasteiger partial charge in [-0.1, -0.05) is 12.1 Å². The van der Waals surface area contributed by atoms with Gasteiger partial charge in [0.25, 0.3) is 0 Å². The van der Waals surface area contributed by atoms with Gasteiger partial charge in [0.15, 0.2) is 0 Å². The van der Waals surface area contributed by atoms with Gasteiger partial charge in [-0.15, -0.1) is 0 Å². The van der Waals surface area contributed by atoms with Crippen molar-refractivity contribution in [3.8, 4) is 0 Å². The van der Waals surface area contributed by atoms with Crippen LogP contribution in [0, 0.1) is 0 Å². The SMILES string of the molecule is CC(=O)Nc1ccc(CC(CN(CCN(CCN(CC(=O)O)CC(=O)O)CC(=O)O)CC(=O)O)N(CC(=O)O)CC(=O)O)cc1. The number of hydrogen-bond acceptors (Lipinski definition) is 11. The molecule has 0 radical (unpaired) electrons. The van der Waals surface area contributed by atoms with E-state index in [1.54, 1.807) is 24.3 Å². The van der Waals surface area contributed by atoms with E-state index in [1.807, 2.05) is 0 Å². The lowest BCUT2D eigenvalue weighted by molar-refractivity contribution is -0.145. The summed E-state index contributed by atoms with van der Waals surface area (Å²) < 4.78 is 0. The Kier molecular flexibility index (Phi) is 16.7. The zero-order chi connectivity index (χ0) is 34.1. The number of nitrogens with zero attached hydrogens (tertiary/aromatic N) is 4. The Balaban J connectivity index is 3.24. The van der Waals surface area contributed by atoms with Crippen molar-refractivity contribution >= 4 is 47.4 Å². The molecule has 0 saturated carbocycles. The van der Waals surface area contributed by atoms with E-state index in [2.05, 4.69) is 5.32 Å². The van der Waals surface area contributed by atoms with Crippen LogP contribution in [0.5, 0.6) is 0 Å². The maximum absolute atomic E-state index is 11.7. The van der Waals surface area contributed by atoms with Crippen LogP contribution in [0.15, 0.2) is 24.3 Å². The Morgan fingerprint density at radius 1 is 0.578 bits per heavy atom. The van der Waals surface area contributed by atoms with Gasteiger partial charge in [0.1, 0.15) is 0 Å². The van der Waals surface area contributed by atoms with E-state index in [0.717, 1.165) is 4.90 Å². The van der Waals surface area contributed by atoms with Gasteiger partial charge in [-0.25, -0.2) is 0 Å². The van der Waals surface area contributed by atoms with Gasteiger partial charge in [-0.05, 0) is 24.1 Å². The van der Waals surface area contributed by atoms with Crippen LogP contribution in [-0.4, -0.2) is 170 Å². The molecule has 7 N–H and O–H groups in total. The van der Waals surface area contributed by atoms with Crippen molar-refractivity contribution in [2.45, 2.75) is 19.4 Å². The lowest BCUT2D eigenvalue weighted by Crippen LogP contribution is -2.51. The van der Waals surface area contributed by atoms with Gasteiger partial charge in [0.05, 0.1) is 39.3 Å². The number of carbonyl (C=O) groups is 7. The summed E-state index contributed by atoms with van der Waals surface area (Å²) in [4.78, 5) is 85.1. The van der Waals surface area contributed by atoms with Crippen molar-refractivity contribution in [3.05, 3.63) is 29.8 Å². The number of nitrogens with one attached hydrogen (secondary N) is 1. The molecular formula is C27H39N5O13. The highest BCUT2D eigenvalue weighted by molar-refractivity contribution is 5.88. The molecule has 0 fully saturated rings. The van der Waals surface area contributed by atoms with Crippen LogP contribution in [0.3, 0.4) is 0 Å². The number of hydrogen-bond donors (Lipinski definition) is 7. The summed E-state index contributed by atoms with van der Waals surface area (Å²) in [5.41, 5.74) is 1.13. The molecule has 1 aromatic rings. The maximum Gasteiger partial charge on any atom is 0.317 e. The Morgan fingerprint density at radius 3 is 1.38 bits per heavy atom. The number of rotatable bonds is 24. The number of amides is 1. The standard InChI is InChI=1S/C27H39N5O13/c1-18(33)28-20-4-2-19(3-5-20)10-21(32(16-26(42)43)17-27(44)45)11-30(13-23(36)37)8-6-29(12-22(34)35)7-9-31(14-24(38)39)15-25(40)41/h2-5,21H,6-17H2,1H3,(H,28,33)(H,34,35)(H,36,37)(H,38,39)(H,40,41)(H,42,43)(H,44,45). The largest absolute Gasteiger partial charge is 0.480 e. The van der Waals surface area contributed by atoms with Gasteiger partial charge in [0, 0.05) is 51.4 Å². The molecule has 18 nitrogen and oxygen atoms in total. The lowest BCUT2D eigenvalue weighted by atomic mass is 10.0. The molecule has 1 aromatic carbocycles. The van der Waals surface area contributed by atoms with E-state index in [0.29, 0.717) is 11.3 Å². The van der Waals surface area contributed by atoms with E-state index in [9.17, 15) is 54.0 Å². The molecule has 1 unspecified atom stereocenters. The zero-order valence-electron chi connectivity index (χ0n) is 24.7. The summed E-state index contributed by atoms with van der Waals surface area (Å²) in [5, 5.41) is 58.6. The molecule has 1 amide bonds. The average Bonchev–Trinajstić information content (AvgIpc) is 2.88. The van der Waals surface area contributed by atoms with Crippen molar-refractivity contribution in [1.82, 2.24) is 19.6 Å². The molecule has 1 rings (SSSR count). The summed E-state index contributed by atoms with van der Waals surface area (Å²) in [6.07, 6.45) is 0.0925. The predicted octanol–water partition coefficient (Wildman–Crippen LogP) is -1.73. The zero-order valence-corrected chi connectivity index (χ0v) is 24.7. The smallest absolute Gasteiger partial charge is 0.317 e. The molecule has 18 heteroatoms. The van der Waals surface area contributed by atoms with Crippen molar-refractivity contribution in [1.29, 1.82) is 0 Å². The second-order valence-corrected chi connectivity index (χ2v) is 10.2. The fourth-order valence-corrected chi connectivity index (χ4v) is 4.52. The van der Waals surface area contributed by atoms with Gasteiger partial charge < -0.3 is 36.0 Å². The van der Waals surface area contributed by atoms with Gasteiger partial charge in [-0.2, -0.15) is 0 Å². The van der Waals surface area contributed by atoms with Crippen LogP contribution < -0.4 is 5.32 Å². The second-order valence-electron chi connectivity index (χ2n) is 10.2. The third-order valence-electron chi connectivity index (χ3n) is 6.31. The third kappa shape index (κ3) is 17.9. The Bertz CT molecular complexity index is 1160. The number of benzene rings is 1. The lowest BCUT2D eigenvalue weighted by Gasteiger charge is -2.34. The number of aliphatic carboxylic acids is 6. The van der Waals surface area contributed by atoms with E-state index >= 15 is 0 Å². The summed E-state index contributed by atoms with van der Waals surface area (Å²) in [5.74, 6) is -7.98. The van der Waals surface area contributed by atoms with Gasteiger partial charge >= 0.3 is 35.8 Å². The number of carboxylic acids is 6. The fourth-order valence-electron chi connectivity index (χ4n) is 4.52. The highest BCUT2D eigenvalue weighted by atomic mass is 16.4. The van der Waals surface area contributed by atoms with Crippen molar-refractivity contribution in [3.63, 3.8) is 0 Å². The summed E-state index contributed by atoms with van der Waals surface area (Å²) in [7, 11) is 0. The van der Waals surface area contributed by atoms with Crippen molar-refractivity contribution < 1.29 is 64.2 Å². The molecule has 0 aliphatic heterocycles.